The van der Waals surface area contributed by atoms with Crippen molar-refractivity contribution in [1.82, 2.24) is 4.98 Å². The molecule has 3 nitrogen and oxygen atoms in total. The highest BCUT2D eigenvalue weighted by molar-refractivity contribution is 7.14. The van der Waals surface area contributed by atoms with Gasteiger partial charge in [-0.25, -0.2) is 9.37 Å². The lowest BCUT2D eigenvalue weighted by Gasteiger charge is -1.97. The van der Waals surface area contributed by atoms with Crippen LogP contribution in [0.2, 0.25) is 5.02 Å². The molecule has 3 aromatic rings. The number of nitrogens with one attached hydrogen (secondary N) is 1. The maximum atomic E-state index is 13.3. The van der Waals surface area contributed by atoms with Crippen LogP contribution in [0.1, 0.15) is 5.56 Å². The molecule has 0 amide bonds. The summed E-state index contributed by atoms with van der Waals surface area (Å²) in [4.78, 5) is 4.44. The monoisotopic (exact) mass is 331 g/mol. The van der Waals surface area contributed by atoms with Crippen LogP contribution in [0.5, 0.6) is 0 Å². The average molecular weight is 332 g/mol. The minimum Gasteiger partial charge on any atom is -0.253 e. The van der Waals surface area contributed by atoms with E-state index < -0.39 is 5.82 Å². The van der Waals surface area contributed by atoms with Gasteiger partial charge in [0.2, 0.25) is 5.13 Å². The van der Waals surface area contributed by atoms with Crippen molar-refractivity contribution in [2.75, 3.05) is 5.43 Å². The standard InChI is InChI=1S/C16H11ClFN3S/c17-13-7-6-11(8-14(13)18)9-19-21-16-20-15(10-22-16)12-4-2-1-3-5-12/h1-10H,(H,20,21). The molecule has 0 saturated heterocycles. The fourth-order valence-corrected chi connectivity index (χ4v) is 2.61. The van der Waals surface area contributed by atoms with Crippen molar-refractivity contribution in [2.24, 2.45) is 5.10 Å². The van der Waals surface area contributed by atoms with Gasteiger partial charge in [-0.15, -0.1) is 11.3 Å². The molecule has 6 heteroatoms. The molecule has 1 N–H and O–H groups in total. The predicted octanol–water partition coefficient (Wildman–Crippen LogP) is 5.05. The summed E-state index contributed by atoms with van der Waals surface area (Å²) in [6, 6.07) is 14.4. The molecule has 0 saturated carbocycles. The molecule has 0 radical (unpaired) electrons. The van der Waals surface area contributed by atoms with Crippen LogP contribution in [0.15, 0.2) is 59.0 Å². The van der Waals surface area contributed by atoms with E-state index >= 15 is 0 Å². The molecule has 0 spiro atoms. The first kappa shape index (κ1) is 14.7. The van der Waals surface area contributed by atoms with E-state index in [2.05, 4.69) is 15.5 Å². The SMILES string of the molecule is Fc1cc(C=NNc2nc(-c3ccccc3)cs2)ccc1Cl. The van der Waals surface area contributed by atoms with Crippen LogP contribution in [0.4, 0.5) is 9.52 Å². The Kier molecular flexibility index (Phi) is 4.46. The molecule has 110 valence electrons. The van der Waals surface area contributed by atoms with Gasteiger partial charge in [0.1, 0.15) is 5.82 Å². The first-order valence-electron chi connectivity index (χ1n) is 6.47. The Balaban J connectivity index is 1.68. The third kappa shape index (κ3) is 3.50. The highest BCUT2D eigenvalue weighted by atomic mass is 35.5. The third-order valence-electron chi connectivity index (χ3n) is 2.89. The van der Waals surface area contributed by atoms with Crippen molar-refractivity contribution in [3.63, 3.8) is 0 Å². The van der Waals surface area contributed by atoms with Crippen molar-refractivity contribution < 1.29 is 4.39 Å². The zero-order chi connectivity index (χ0) is 15.4. The summed E-state index contributed by atoms with van der Waals surface area (Å²) in [5.74, 6) is -0.466. The van der Waals surface area contributed by atoms with E-state index in [1.165, 1.54) is 29.7 Å². The van der Waals surface area contributed by atoms with Gasteiger partial charge in [0.05, 0.1) is 16.9 Å². The number of anilines is 1. The Labute approximate surface area is 136 Å². The first-order valence-corrected chi connectivity index (χ1v) is 7.73. The van der Waals surface area contributed by atoms with Crippen molar-refractivity contribution in [1.29, 1.82) is 0 Å². The number of rotatable bonds is 4. The average Bonchev–Trinajstić information content (AvgIpc) is 3.01. The molecule has 0 aliphatic rings. The van der Waals surface area contributed by atoms with Crippen molar-refractivity contribution in [2.45, 2.75) is 0 Å². The molecule has 22 heavy (non-hydrogen) atoms. The lowest BCUT2D eigenvalue weighted by Crippen LogP contribution is -1.91. The summed E-state index contributed by atoms with van der Waals surface area (Å²) in [6.45, 7) is 0. The zero-order valence-electron chi connectivity index (χ0n) is 11.3. The van der Waals surface area contributed by atoms with Crippen LogP contribution < -0.4 is 5.43 Å². The van der Waals surface area contributed by atoms with Gasteiger partial charge in [-0.3, -0.25) is 5.43 Å². The maximum absolute atomic E-state index is 13.3. The van der Waals surface area contributed by atoms with E-state index in [1.54, 1.807) is 6.07 Å². The van der Waals surface area contributed by atoms with E-state index in [0.717, 1.165) is 11.3 Å². The molecule has 0 fully saturated rings. The molecule has 0 bridgehead atoms. The Bertz CT molecular complexity index is 802. The Morgan fingerprint density at radius 3 is 2.77 bits per heavy atom. The smallest absolute Gasteiger partial charge is 0.203 e. The minimum atomic E-state index is -0.466. The van der Waals surface area contributed by atoms with Crippen LogP contribution in [0.25, 0.3) is 11.3 Å². The first-order chi connectivity index (χ1) is 10.7. The van der Waals surface area contributed by atoms with Gasteiger partial charge in [0, 0.05) is 10.9 Å². The number of benzene rings is 2. The van der Waals surface area contributed by atoms with Gasteiger partial charge in [-0.2, -0.15) is 5.10 Å². The number of nitrogens with zero attached hydrogens (tertiary/aromatic N) is 2. The second kappa shape index (κ2) is 6.68. The van der Waals surface area contributed by atoms with E-state index in [0.29, 0.717) is 10.7 Å². The zero-order valence-corrected chi connectivity index (χ0v) is 12.9. The fraction of sp³-hybridized carbons (Fsp3) is 0. The maximum Gasteiger partial charge on any atom is 0.203 e. The van der Waals surface area contributed by atoms with Crippen molar-refractivity contribution in [3.05, 3.63) is 70.3 Å². The molecule has 0 atom stereocenters. The van der Waals surface area contributed by atoms with Crippen LogP contribution >= 0.6 is 22.9 Å². The summed E-state index contributed by atoms with van der Waals surface area (Å²) >= 11 is 7.08. The van der Waals surface area contributed by atoms with Crippen LogP contribution in [-0.2, 0) is 0 Å². The fourth-order valence-electron chi connectivity index (χ4n) is 1.82. The van der Waals surface area contributed by atoms with Gasteiger partial charge in [0.15, 0.2) is 0 Å². The van der Waals surface area contributed by atoms with Gasteiger partial charge >= 0.3 is 0 Å². The molecule has 2 aromatic carbocycles. The lowest BCUT2D eigenvalue weighted by molar-refractivity contribution is 0.628. The van der Waals surface area contributed by atoms with Crippen LogP contribution in [0, 0.1) is 5.82 Å². The molecule has 1 aromatic heterocycles. The topological polar surface area (TPSA) is 37.3 Å². The van der Waals surface area contributed by atoms with E-state index in [9.17, 15) is 4.39 Å². The summed E-state index contributed by atoms with van der Waals surface area (Å²) < 4.78 is 13.3. The van der Waals surface area contributed by atoms with Crippen LogP contribution in [0.3, 0.4) is 0 Å². The summed E-state index contributed by atoms with van der Waals surface area (Å²) in [7, 11) is 0. The third-order valence-corrected chi connectivity index (χ3v) is 3.94. The lowest BCUT2D eigenvalue weighted by atomic mass is 10.2. The molecular formula is C16H11ClFN3S. The van der Waals surface area contributed by atoms with E-state index in [1.807, 2.05) is 35.7 Å². The number of hydrogen-bond acceptors (Lipinski definition) is 4. The normalized spacial score (nSPS) is 11.0. The van der Waals surface area contributed by atoms with Gasteiger partial charge < -0.3 is 0 Å². The molecule has 1 heterocycles. The van der Waals surface area contributed by atoms with Gasteiger partial charge in [-0.1, -0.05) is 48.0 Å². The molecule has 0 aliphatic heterocycles. The number of hydrazone groups is 1. The molecule has 0 aliphatic carbocycles. The van der Waals surface area contributed by atoms with E-state index in [4.69, 9.17) is 11.6 Å². The summed E-state index contributed by atoms with van der Waals surface area (Å²) in [5.41, 5.74) is 5.40. The number of thiazole rings is 1. The minimum absolute atomic E-state index is 0.0949. The molecule has 3 rings (SSSR count). The number of halogens is 2. The second-order valence-corrected chi connectivity index (χ2v) is 5.71. The van der Waals surface area contributed by atoms with Crippen molar-refractivity contribution in [3.8, 4) is 11.3 Å². The second-order valence-electron chi connectivity index (χ2n) is 4.45. The highest BCUT2D eigenvalue weighted by Crippen LogP contribution is 2.24. The number of aromatic nitrogens is 1. The van der Waals surface area contributed by atoms with Gasteiger partial charge in [0.25, 0.3) is 0 Å². The quantitative estimate of drug-likeness (QED) is 0.536. The number of hydrogen-bond donors (Lipinski definition) is 1. The summed E-state index contributed by atoms with van der Waals surface area (Å²) in [6.07, 6.45) is 1.52. The predicted molar refractivity (Wildman–Crippen MR) is 90.2 cm³/mol. The largest absolute Gasteiger partial charge is 0.253 e. The van der Waals surface area contributed by atoms with Crippen LogP contribution in [-0.4, -0.2) is 11.2 Å². The Morgan fingerprint density at radius 2 is 2.00 bits per heavy atom. The van der Waals surface area contributed by atoms with Gasteiger partial charge in [-0.05, 0) is 17.7 Å². The Morgan fingerprint density at radius 1 is 1.18 bits per heavy atom. The highest BCUT2D eigenvalue weighted by Gasteiger charge is 2.03. The van der Waals surface area contributed by atoms with E-state index in [-0.39, 0.29) is 5.02 Å². The summed E-state index contributed by atoms with van der Waals surface area (Å²) in [5, 5.41) is 6.77. The molecular weight excluding hydrogens is 321 g/mol. The Hall–Kier alpha value is -2.24. The molecule has 0 unspecified atom stereocenters. The van der Waals surface area contributed by atoms with Crippen molar-refractivity contribution >= 4 is 34.3 Å².